The second kappa shape index (κ2) is 8.58. The average Bonchev–Trinajstić information content (AvgIpc) is 3.03. The molecule has 0 unspecified atom stereocenters. The van der Waals surface area contributed by atoms with E-state index in [4.69, 9.17) is 4.74 Å². The fourth-order valence-electron chi connectivity index (χ4n) is 2.43. The number of urea groups is 1. The third-order valence-corrected chi connectivity index (χ3v) is 3.74. The van der Waals surface area contributed by atoms with Crippen LogP contribution in [0.15, 0.2) is 18.3 Å². The molecule has 6 nitrogen and oxygen atoms in total. The second-order valence-electron chi connectivity index (χ2n) is 5.74. The van der Waals surface area contributed by atoms with Gasteiger partial charge in [0.05, 0.1) is 12.1 Å². The highest BCUT2D eigenvalue weighted by Crippen LogP contribution is 2.15. The molecule has 2 heterocycles. The first-order valence-electron chi connectivity index (χ1n) is 7.97. The van der Waals surface area contributed by atoms with Crippen molar-refractivity contribution in [3.05, 3.63) is 23.9 Å². The number of nitrogens with one attached hydrogen (secondary N) is 3. The molecular formula is C16H26N4O2. The molecular weight excluding hydrogens is 280 g/mol. The van der Waals surface area contributed by atoms with E-state index in [1.54, 1.807) is 0 Å². The fourth-order valence-corrected chi connectivity index (χ4v) is 2.43. The van der Waals surface area contributed by atoms with E-state index in [1.807, 2.05) is 32.2 Å². The number of rotatable bonds is 7. The predicted octanol–water partition coefficient (Wildman–Crippen LogP) is 2.06. The molecule has 2 amide bonds. The minimum atomic E-state index is -0.128. The lowest BCUT2D eigenvalue weighted by molar-refractivity contribution is 0.0860. The fraction of sp³-hybridized carbons (Fsp3) is 0.625. The summed E-state index contributed by atoms with van der Waals surface area (Å²) in [5.74, 6) is 0.863. The molecule has 1 saturated heterocycles. The normalized spacial score (nSPS) is 18.7. The first-order chi connectivity index (χ1) is 10.6. The van der Waals surface area contributed by atoms with Gasteiger partial charge >= 0.3 is 6.03 Å². The van der Waals surface area contributed by atoms with Crippen LogP contribution in [0.2, 0.25) is 0 Å². The van der Waals surface area contributed by atoms with Gasteiger partial charge in [-0.3, -0.25) is 0 Å². The summed E-state index contributed by atoms with van der Waals surface area (Å²) in [6.45, 7) is 6.20. The van der Waals surface area contributed by atoms with E-state index >= 15 is 0 Å². The van der Waals surface area contributed by atoms with Gasteiger partial charge in [-0.15, -0.1) is 0 Å². The molecule has 0 bridgehead atoms. The van der Waals surface area contributed by atoms with Gasteiger partial charge in [0.1, 0.15) is 5.82 Å². The molecule has 1 aliphatic heterocycles. The summed E-state index contributed by atoms with van der Waals surface area (Å²) in [4.78, 5) is 16.0. The van der Waals surface area contributed by atoms with Crippen molar-refractivity contribution in [2.24, 2.45) is 0 Å². The van der Waals surface area contributed by atoms with Crippen molar-refractivity contribution in [1.29, 1.82) is 0 Å². The number of anilines is 1. The molecule has 1 aliphatic rings. The summed E-state index contributed by atoms with van der Waals surface area (Å²) in [6.07, 6.45) is 4.93. The maximum atomic E-state index is 11.8. The average molecular weight is 306 g/mol. The maximum absolute atomic E-state index is 11.8. The number of amides is 2. The van der Waals surface area contributed by atoms with E-state index in [-0.39, 0.29) is 18.2 Å². The Hall–Kier alpha value is -1.82. The smallest absolute Gasteiger partial charge is 0.315 e. The van der Waals surface area contributed by atoms with Crippen LogP contribution in [0.5, 0.6) is 0 Å². The third-order valence-electron chi connectivity index (χ3n) is 3.74. The Morgan fingerprint density at radius 2 is 2.32 bits per heavy atom. The monoisotopic (exact) mass is 306 g/mol. The van der Waals surface area contributed by atoms with Gasteiger partial charge < -0.3 is 20.7 Å². The summed E-state index contributed by atoms with van der Waals surface area (Å²) in [5, 5.41) is 9.02. The molecule has 122 valence electrons. The molecule has 0 aliphatic carbocycles. The third kappa shape index (κ3) is 5.52. The quantitative estimate of drug-likeness (QED) is 0.674. The Kier molecular flexibility index (Phi) is 6.45. The Labute approximate surface area is 132 Å². The number of aromatic nitrogens is 1. The number of aryl methyl sites for hydroxylation is 1. The van der Waals surface area contributed by atoms with Crippen LogP contribution in [0.1, 0.15) is 31.7 Å². The lowest BCUT2D eigenvalue weighted by Crippen LogP contribution is -2.46. The summed E-state index contributed by atoms with van der Waals surface area (Å²) in [7, 11) is 0. The molecule has 1 fully saturated rings. The van der Waals surface area contributed by atoms with Crippen LogP contribution in [0, 0.1) is 6.92 Å². The van der Waals surface area contributed by atoms with Crippen molar-refractivity contribution in [3.63, 3.8) is 0 Å². The molecule has 0 radical (unpaired) electrons. The number of carbonyl (C=O) groups excluding carboxylic acids is 1. The molecule has 3 N–H and O–H groups in total. The molecule has 1 aromatic rings. The van der Waals surface area contributed by atoms with Crippen LogP contribution in [0.4, 0.5) is 10.6 Å². The van der Waals surface area contributed by atoms with Crippen molar-refractivity contribution in [2.45, 2.75) is 45.3 Å². The summed E-state index contributed by atoms with van der Waals surface area (Å²) in [5.41, 5.74) is 1.14. The topological polar surface area (TPSA) is 75.3 Å². The van der Waals surface area contributed by atoms with Crippen molar-refractivity contribution < 1.29 is 9.53 Å². The van der Waals surface area contributed by atoms with E-state index in [0.717, 1.165) is 43.8 Å². The number of hydrogen-bond acceptors (Lipinski definition) is 4. The highest BCUT2D eigenvalue weighted by Gasteiger charge is 2.23. The molecule has 22 heavy (non-hydrogen) atoms. The van der Waals surface area contributed by atoms with E-state index in [9.17, 15) is 4.79 Å². The largest absolute Gasteiger partial charge is 0.376 e. The van der Waals surface area contributed by atoms with Gasteiger partial charge in [-0.1, -0.05) is 6.07 Å². The number of pyridine rings is 1. The Morgan fingerprint density at radius 3 is 3.00 bits per heavy atom. The molecule has 2 rings (SSSR count). The Bertz CT molecular complexity index is 458. The van der Waals surface area contributed by atoms with Gasteiger partial charge in [0.2, 0.25) is 0 Å². The molecule has 0 aromatic carbocycles. The van der Waals surface area contributed by atoms with Crippen molar-refractivity contribution in [3.8, 4) is 0 Å². The van der Waals surface area contributed by atoms with Crippen LogP contribution in [-0.4, -0.2) is 42.9 Å². The molecule has 0 spiro atoms. The van der Waals surface area contributed by atoms with Gasteiger partial charge in [0.15, 0.2) is 0 Å². The van der Waals surface area contributed by atoms with Gasteiger partial charge in [0.25, 0.3) is 0 Å². The highest BCUT2D eigenvalue weighted by molar-refractivity contribution is 5.74. The van der Waals surface area contributed by atoms with Gasteiger partial charge in [-0.25, -0.2) is 9.78 Å². The Balaban J connectivity index is 1.54. The molecule has 2 atom stereocenters. The summed E-state index contributed by atoms with van der Waals surface area (Å²) < 4.78 is 5.56. The predicted molar refractivity (Wildman–Crippen MR) is 87.1 cm³/mol. The van der Waals surface area contributed by atoms with E-state index < -0.39 is 0 Å². The Morgan fingerprint density at radius 1 is 1.45 bits per heavy atom. The van der Waals surface area contributed by atoms with Gasteiger partial charge in [0, 0.05) is 25.9 Å². The zero-order valence-corrected chi connectivity index (χ0v) is 13.4. The first-order valence-corrected chi connectivity index (χ1v) is 7.97. The van der Waals surface area contributed by atoms with Crippen molar-refractivity contribution in [2.75, 3.05) is 25.0 Å². The van der Waals surface area contributed by atoms with E-state index in [2.05, 4.69) is 20.9 Å². The summed E-state index contributed by atoms with van der Waals surface area (Å²) in [6, 6.07) is 3.90. The lowest BCUT2D eigenvalue weighted by atomic mass is 10.1. The van der Waals surface area contributed by atoms with Crippen LogP contribution in [0.25, 0.3) is 0 Å². The van der Waals surface area contributed by atoms with E-state index in [1.165, 1.54) is 0 Å². The zero-order valence-electron chi connectivity index (χ0n) is 13.4. The van der Waals surface area contributed by atoms with Crippen LogP contribution < -0.4 is 16.0 Å². The van der Waals surface area contributed by atoms with Crippen LogP contribution in [0.3, 0.4) is 0 Å². The lowest BCUT2D eigenvalue weighted by Gasteiger charge is -2.20. The van der Waals surface area contributed by atoms with Gasteiger partial charge in [-0.05, 0) is 44.7 Å². The van der Waals surface area contributed by atoms with E-state index in [0.29, 0.717) is 6.54 Å². The summed E-state index contributed by atoms with van der Waals surface area (Å²) >= 11 is 0. The highest BCUT2D eigenvalue weighted by atomic mass is 16.5. The van der Waals surface area contributed by atoms with Crippen molar-refractivity contribution >= 4 is 11.8 Å². The van der Waals surface area contributed by atoms with Crippen LogP contribution in [-0.2, 0) is 4.74 Å². The number of carbonyl (C=O) groups is 1. The minimum absolute atomic E-state index is 0.0531. The molecule has 1 aromatic heterocycles. The minimum Gasteiger partial charge on any atom is -0.376 e. The molecule has 6 heteroatoms. The number of nitrogens with zero attached hydrogens (tertiary/aromatic N) is 1. The van der Waals surface area contributed by atoms with Gasteiger partial charge in [-0.2, -0.15) is 0 Å². The zero-order chi connectivity index (χ0) is 15.8. The maximum Gasteiger partial charge on any atom is 0.315 e. The van der Waals surface area contributed by atoms with Crippen molar-refractivity contribution in [1.82, 2.24) is 15.6 Å². The molecule has 0 saturated carbocycles. The SMILES string of the molecule is Cc1ccc(NCCCNC(=O)N[C@H](C)[C@H]2CCCO2)nc1. The first kappa shape index (κ1) is 16.5. The number of hydrogen-bond donors (Lipinski definition) is 3. The standard InChI is InChI=1S/C16H26N4O2/c1-12-6-7-15(19-11-12)17-8-4-9-18-16(21)20-13(2)14-5-3-10-22-14/h6-7,11,13-14H,3-5,8-10H2,1-2H3,(H,17,19)(H2,18,20,21)/t13-,14-/m1/s1. The second-order valence-corrected chi connectivity index (χ2v) is 5.74. The van der Waals surface area contributed by atoms with Crippen LogP contribution >= 0.6 is 0 Å². The number of ether oxygens (including phenoxy) is 1.